The molecular formula is C22H20Cl2N2O2. The monoisotopic (exact) mass is 414 g/mol. The van der Waals surface area contributed by atoms with Gasteiger partial charge in [0, 0.05) is 15.6 Å². The van der Waals surface area contributed by atoms with Crippen molar-refractivity contribution in [3.63, 3.8) is 0 Å². The van der Waals surface area contributed by atoms with Crippen LogP contribution in [0.2, 0.25) is 10.0 Å². The molecule has 0 aliphatic heterocycles. The number of hydrogen-bond donors (Lipinski definition) is 1. The van der Waals surface area contributed by atoms with Gasteiger partial charge in [0.25, 0.3) is 0 Å². The van der Waals surface area contributed by atoms with Gasteiger partial charge < -0.3 is 9.47 Å². The van der Waals surface area contributed by atoms with Crippen molar-refractivity contribution >= 4 is 35.1 Å². The van der Waals surface area contributed by atoms with E-state index in [4.69, 9.17) is 32.7 Å². The highest BCUT2D eigenvalue weighted by Gasteiger charge is 2.08. The molecule has 0 atom stereocenters. The summed E-state index contributed by atoms with van der Waals surface area (Å²) < 4.78 is 11.6. The molecule has 0 aliphatic carbocycles. The summed E-state index contributed by atoms with van der Waals surface area (Å²) in [4.78, 5) is 0. The summed E-state index contributed by atoms with van der Waals surface area (Å²) in [5.74, 6) is 1.31. The molecule has 0 aromatic heterocycles. The zero-order chi connectivity index (χ0) is 19.8. The van der Waals surface area contributed by atoms with Crippen LogP contribution in [0.25, 0.3) is 0 Å². The Morgan fingerprint density at radius 1 is 0.929 bits per heavy atom. The van der Waals surface area contributed by atoms with E-state index in [1.807, 2.05) is 61.5 Å². The minimum atomic E-state index is 0.366. The molecule has 4 nitrogen and oxygen atoms in total. The smallest absolute Gasteiger partial charge is 0.161 e. The molecule has 3 rings (SSSR count). The van der Waals surface area contributed by atoms with Gasteiger partial charge in [0.05, 0.1) is 18.5 Å². The van der Waals surface area contributed by atoms with Crippen molar-refractivity contribution in [1.29, 1.82) is 0 Å². The van der Waals surface area contributed by atoms with Crippen LogP contribution in [-0.4, -0.2) is 12.8 Å². The van der Waals surface area contributed by atoms with Crippen LogP contribution in [0, 0.1) is 0 Å². The SMILES string of the molecule is CCOc1cc(/C=N/Nc2ccc(Cl)cc2)ccc1OCc1ccccc1Cl. The van der Waals surface area contributed by atoms with Crippen molar-refractivity contribution in [2.24, 2.45) is 5.10 Å². The number of hydrazone groups is 1. The van der Waals surface area contributed by atoms with Crippen molar-refractivity contribution in [3.8, 4) is 11.5 Å². The van der Waals surface area contributed by atoms with E-state index in [9.17, 15) is 0 Å². The molecule has 0 spiro atoms. The van der Waals surface area contributed by atoms with Crippen LogP contribution < -0.4 is 14.9 Å². The number of benzene rings is 3. The van der Waals surface area contributed by atoms with Gasteiger partial charge in [-0.2, -0.15) is 5.10 Å². The van der Waals surface area contributed by atoms with Gasteiger partial charge in [-0.3, -0.25) is 5.43 Å². The maximum atomic E-state index is 6.19. The van der Waals surface area contributed by atoms with Crippen molar-refractivity contribution < 1.29 is 9.47 Å². The van der Waals surface area contributed by atoms with Crippen LogP contribution in [0.5, 0.6) is 11.5 Å². The molecule has 1 N–H and O–H groups in total. The van der Waals surface area contributed by atoms with Crippen LogP contribution in [0.15, 0.2) is 71.8 Å². The highest BCUT2D eigenvalue weighted by atomic mass is 35.5. The maximum absolute atomic E-state index is 6.19. The number of halogens is 2. The van der Waals surface area contributed by atoms with Crippen LogP contribution in [0.3, 0.4) is 0 Å². The second kappa shape index (κ2) is 10.0. The van der Waals surface area contributed by atoms with Gasteiger partial charge in [-0.05, 0) is 61.0 Å². The molecule has 0 fully saturated rings. The summed E-state index contributed by atoms with van der Waals surface area (Å²) in [6, 6.07) is 20.6. The van der Waals surface area contributed by atoms with Gasteiger partial charge in [-0.15, -0.1) is 0 Å². The van der Waals surface area contributed by atoms with Crippen molar-refractivity contribution in [2.45, 2.75) is 13.5 Å². The quantitative estimate of drug-likeness (QED) is 0.341. The fourth-order valence-electron chi connectivity index (χ4n) is 2.47. The Bertz CT molecular complexity index is 944. The topological polar surface area (TPSA) is 42.8 Å². The third kappa shape index (κ3) is 5.65. The van der Waals surface area contributed by atoms with Gasteiger partial charge in [0.1, 0.15) is 6.61 Å². The Morgan fingerprint density at radius 3 is 2.46 bits per heavy atom. The number of hydrogen-bond acceptors (Lipinski definition) is 4. The van der Waals surface area contributed by atoms with E-state index in [-0.39, 0.29) is 0 Å². The largest absolute Gasteiger partial charge is 0.490 e. The summed E-state index contributed by atoms with van der Waals surface area (Å²) in [6.45, 7) is 2.83. The fraction of sp³-hybridized carbons (Fsp3) is 0.136. The normalized spacial score (nSPS) is 10.8. The van der Waals surface area contributed by atoms with E-state index in [1.54, 1.807) is 18.3 Å². The number of anilines is 1. The molecule has 0 saturated heterocycles. The van der Waals surface area contributed by atoms with Gasteiger partial charge in [0.15, 0.2) is 11.5 Å². The zero-order valence-corrected chi connectivity index (χ0v) is 16.9. The lowest BCUT2D eigenvalue weighted by molar-refractivity contribution is 0.269. The van der Waals surface area contributed by atoms with Gasteiger partial charge >= 0.3 is 0 Å². The summed E-state index contributed by atoms with van der Waals surface area (Å²) in [5.41, 5.74) is 5.62. The van der Waals surface area contributed by atoms with Crippen LogP contribution >= 0.6 is 23.2 Å². The van der Waals surface area contributed by atoms with E-state index >= 15 is 0 Å². The standard InChI is InChI=1S/C22H20Cl2N2O2/c1-2-27-22-13-16(14-25-26-19-10-8-18(23)9-11-19)7-12-21(22)28-15-17-5-3-4-6-20(17)24/h3-14,26H,2,15H2,1H3/b25-14+. The molecule has 144 valence electrons. The van der Waals surface area contributed by atoms with Gasteiger partial charge in [-0.1, -0.05) is 41.4 Å². The van der Waals surface area contributed by atoms with E-state index in [2.05, 4.69) is 10.5 Å². The summed E-state index contributed by atoms with van der Waals surface area (Å²) in [5, 5.41) is 5.61. The average molecular weight is 415 g/mol. The molecule has 0 bridgehead atoms. The summed E-state index contributed by atoms with van der Waals surface area (Å²) in [7, 11) is 0. The molecule has 0 aliphatic rings. The lowest BCUT2D eigenvalue weighted by Gasteiger charge is -2.13. The van der Waals surface area contributed by atoms with Gasteiger partial charge in [-0.25, -0.2) is 0 Å². The van der Waals surface area contributed by atoms with Crippen molar-refractivity contribution in [2.75, 3.05) is 12.0 Å². The Labute approximate surface area is 174 Å². The number of rotatable bonds is 8. The van der Waals surface area contributed by atoms with Crippen LogP contribution in [-0.2, 0) is 6.61 Å². The van der Waals surface area contributed by atoms with E-state index in [0.29, 0.717) is 34.8 Å². The first-order valence-corrected chi connectivity index (χ1v) is 9.59. The van der Waals surface area contributed by atoms with Crippen molar-refractivity contribution in [1.82, 2.24) is 0 Å². The Hall–Kier alpha value is -2.69. The second-order valence-electron chi connectivity index (χ2n) is 5.90. The highest BCUT2D eigenvalue weighted by molar-refractivity contribution is 6.31. The van der Waals surface area contributed by atoms with Crippen molar-refractivity contribution in [3.05, 3.63) is 87.9 Å². The molecule has 28 heavy (non-hydrogen) atoms. The summed E-state index contributed by atoms with van der Waals surface area (Å²) >= 11 is 12.1. The third-order valence-electron chi connectivity index (χ3n) is 3.86. The average Bonchev–Trinajstić information content (AvgIpc) is 2.70. The number of ether oxygens (including phenoxy) is 2. The maximum Gasteiger partial charge on any atom is 0.161 e. The number of nitrogens with one attached hydrogen (secondary N) is 1. The predicted octanol–water partition coefficient (Wildman–Crippen LogP) is 6.42. The molecule has 6 heteroatoms. The minimum absolute atomic E-state index is 0.366. The van der Waals surface area contributed by atoms with Crippen LogP contribution in [0.1, 0.15) is 18.1 Å². The zero-order valence-electron chi connectivity index (χ0n) is 15.4. The molecule has 0 heterocycles. The lowest BCUT2D eigenvalue weighted by Crippen LogP contribution is -2.01. The molecule has 3 aromatic rings. The van der Waals surface area contributed by atoms with Gasteiger partial charge in [0.2, 0.25) is 0 Å². The van der Waals surface area contributed by atoms with E-state index < -0.39 is 0 Å². The Morgan fingerprint density at radius 2 is 1.71 bits per heavy atom. The van der Waals surface area contributed by atoms with E-state index in [1.165, 1.54) is 0 Å². The second-order valence-corrected chi connectivity index (χ2v) is 6.74. The van der Waals surface area contributed by atoms with E-state index in [0.717, 1.165) is 16.8 Å². The molecule has 0 unspecified atom stereocenters. The molecule has 0 amide bonds. The van der Waals surface area contributed by atoms with Crippen LogP contribution in [0.4, 0.5) is 5.69 Å². The molecular weight excluding hydrogens is 395 g/mol. The number of nitrogens with zero attached hydrogens (tertiary/aromatic N) is 1. The molecule has 0 radical (unpaired) electrons. The lowest BCUT2D eigenvalue weighted by atomic mass is 10.2. The minimum Gasteiger partial charge on any atom is -0.490 e. The summed E-state index contributed by atoms with van der Waals surface area (Å²) in [6.07, 6.45) is 1.72. The Balaban J connectivity index is 1.68. The highest BCUT2D eigenvalue weighted by Crippen LogP contribution is 2.29. The Kier molecular flexibility index (Phi) is 7.18. The molecule has 0 saturated carbocycles. The predicted molar refractivity (Wildman–Crippen MR) is 116 cm³/mol. The fourth-order valence-corrected chi connectivity index (χ4v) is 2.79. The third-order valence-corrected chi connectivity index (χ3v) is 4.48. The first kappa shape index (κ1) is 20.1. The first-order chi connectivity index (χ1) is 13.7. The first-order valence-electron chi connectivity index (χ1n) is 8.83. The molecule has 3 aromatic carbocycles.